The van der Waals surface area contributed by atoms with Crippen molar-refractivity contribution in [2.75, 3.05) is 13.6 Å². The zero-order valence-corrected chi connectivity index (χ0v) is 12.3. The summed E-state index contributed by atoms with van der Waals surface area (Å²) in [6.07, 6.45) is 2.93. The topological polar surface area (TPSA) is 42.4 Å². The molecule has 1 aromatic heterocycles. The number of rotatable bonds is 5. The number of nitrogens with two attached hydrogens (primary N) is 1. The van der Waals surface area contributed by atoms with Gasteiger partial charge in [-0.1, -0.05) is 25.1 Å². The van der Waals surface area contributed by atoms with Crippen LogP contribution in [0, 0.1) is 0 Å². The molecule has 0 aliphatic heterocycles. The number of para-hydroxylation sites is 1. The van der Waals surface area contributed by atoms with Crippen molar-refractivity contribution < 1.29 is 4.42 Å². The Morgan fingerprint density at radius 3 is 2.63 bits per heavy atom. The predicted octanol–water partition coefficient (Wildman–Crippen LogP) is 3.55. The molecule has 3 heteroatoms. The standard InChI is InChI=1S/C16H24N2O/c1-5-16(2,3)18(4)14(10-17)13-11-19-15-9-7-6-8-12(13)15/h6-9,11,14H,5,10,17H2,1-4H3. The van der Waals surface area contributed by atoms with Gasteiger partial charge in [-0.05, 0) is 33.4 Å². The maximum Gasteiger partial charge on any atom is 0.134 e. The predicted molar refractivity (Wildman–Crippen MR) is 80.1 cm³/mol. The molecule has 1 unspecified atom stereocenters. The summed E-state index contributed by atoms with van der Waals surface area (Å²) in [4.78, 5) is 2.35. The van der Waals surface area contributed by atoms with Crippen molar-refractivity contribution in [3.63, 3.8) is 0 Å². The van der Waals surface area contributed by atoms with Gasteiger partial charge in [-0.25, -0.2) is 0 Å². The highest BCUT2D eigenvalue weighted by atomic mass is 16.3. The molecule has 2 aromatic rings. The molecule has 0 aliphatic carbocycles. The van der Waals surface area contributed by atoms with Crippen molar-refractivity contribution in [3.8, 4) is 0 Å². The van der Waals surface area contributed by atoms with Crippen molar-refractivity contribution in [1.82, 2.24) is 4.90 Å². The first-order valence-electron chi connectivity index (χ1n) is 6.90. The van der Waals surface area contributed by atoms with E-state index in [1.54, 1.807) is 0 Å². The van der Waals surface area contributed by atoms with E-state index >= 15 is 0 Å². The summed E-state index contributed by atoms with van der Waals surface area (Å²) in [5.74, 6) is 0. The summed E-state index contributed by atoms with van der Waals surface area (Å²) in [7, 11) is 2.14. The first-order chi connectivity index (χ1) is 9.01. The quantitative estimate of drug-likeness (QED) is 0.894. The molecule has 1 aromatic carbocycles. The largest absolute Gasteiger partial charge is 0.464 e. The van der Waals surface area contributed by atoms with Crippen molar-refractivity contribution in [2.45, 2.75) is 38.8 Å². The molecule has 1 heterocycles. The van der Waals surface area contributed by atoms with E-state index in [1.165, 1.54) is 5.56 Å². The molecule has 3 nitrogen and oxygen atoms in total. The third-order valence-electron chi connectivity index (χ3n) is 4.38. The fourth-order valence-electron chi connectivity index (χ4n) is 2.42. The van der Waals surface area contributed by atoms with Crippen molar-refractivity contribution in [1.29, 1.82) is 0 Å². The number of benzene rings is 1. The molecule has 0 aliphatic rings. The molecule has 2 rings (SSSR count). The van der Waals surface area contributed by atoms with Gasteiger partial charge in [-0.15, -0.1) is 0 Å². The van der Waals surface area contributed by atoms with E-state index in [1.807, 2.05) is 24.5 Å². The van der Waals surface area contributed by atoms with Crippen LogP contribution < -0.4 is 5.73 Å². The second kappa shape index (κ2) is 5.35. The lowest BCUT2D eigenvalue weighted by Gasteiger charge is -2.40. The summed E-state index contributed by atoms with van der Waals surface area (Å²) in [5.41, 5.74) is 8.25. The van der Waals surface area contributed by atoms with E-state index in [-0.39, 0.29) is 11.6 Å². The molecule has 104 valence electrons. The number of hydrogen-bond donors (Lipinski definition) is 1. The van der Waals surface area contributed by atoms with Gasteiger partial charge >= 0.3 is 0 Å². The normalized spacial score (nSPS) is 14.2. The Kier molecular flexibility index (Phi) is 3.97. The van der Waals surface area contributed by atoms with E-state index in [0.717, 1.165) is 17.4 Å². The first-order valence-corrected chi connectivity index (χ1v) is 6.90. The second-order valence-corrected chi connectivity index (χ2v) is 5.72. The molecule has 1 atom stereocenters. The monoisotopic (exact) mass is 260 g/mol. The molecule has 0 radical (unpaired) electrons. The van der Waals surface area contributed by atoms with Gasteiger partial charge in [0.25, 0.3) is 0 Å². The van der Waals surface area contributed by atoms with Gasteiger partial charge in [0.1, 0.15) is 5.58 Å². The van der Waals surface area contributed by atoms with Crippen molar-refractivity contribution in [2.24, 2.45) is 5.73 Å². The molecule has 0 spiro atoms. The maximum atomic E-state index is 6.02. The second-order valence-electron chi connectivity index (χ2n) is 5.72. The number of furan rings is 1. The van der Waals surface area contributed by atoms with Crippen LogP contribution in [0.15, 0.2) is 34.9 Å². The highest BCUT2D eigenvalue weighted by Gasteiger charge is 2.29. The Bertz CT molecular complexity index is 544. The highest BCUT2D eigenvalue weighted by molar-refractivity contribution is 5.81. The smallest absolute Gasteiger partial charge is 0.134 e. The Labute approximate surface area is 115 Å². The highest BCUT2D eigenvalue weighted by Crippen LogP contribution is 2.33. The van der Waals surface area contributed by atoms with Crippen LogP contribution in [0.1, 0.15) is 38.8 Å². The number of nitrogens with zero attached hydrogens (tertiary/aromatic N) is 1. The molecule has 2 N–H and O–H groups in total. The van der Waals surface area contributed by atoms with Gasteiger partial charge in [0.05, 0.1) is 12.3 Å². The van der Waals surface area contributed by atoms with E-state index in [4.69, 9.17) is 10.2 Å². The summed E-state index contributed by atoms with van der Waals surface area (Å²) in [5, 5.41) is 1.16. The van der Waals surface area contributed by atoms with Crippen molar-refractivity contribution in [3.05, 3.63) is 36.1 Å². The average molecular weight is 260 g/mol. The van der Waals surface area contributed by atoms with E-state index in [0.29, 0.717) is 6.54 Å². The Morgan fingerprint density at radius 2 is 2.00 bits per heavy atom. The zero-order valence-electron chi connectivity index (χ0n) is 12.3. The van der Waals surface area contributed by atoms with Crippen LogP contribution in [-0.2, 0) is 0 Å². The molecule has 0 amide bonds. The van der Waals surface area contributed by atoms with Crippen LogP contribution in [0.3, 0.4) is 0 Å². The lowest BCUT2D eigenvalue weighted by molar-refractivity contribution is 0.101. The summed E-state index contributed by atoms with van der Waals surface area (Å²) >= 11 is 0. The number of hydrogen-bond acceptors (Lipinski definition) is 3. The Balaban J connectivity index is 2.42. The lowest BCUT2D eigenvalue weighted by atomic mass is 9.94. The van der Waals surface area contributed by atoms with Crippen LogP contribution in [0.4, 0.5) is 0 Å². The molecule has 0 bridgehead atoms. The Hall–Kier alpha value is -1.32. The van der Waals surface area contributed by atoms with Gasteiger partial charge in [0.15, 0.2) is 0 Å². The van der Waals surface area contributed by atoms with Gasteiger partial charge < -0.3 is 10.2 Å². The number of fused-ring (bicyclic) bond motifs is 1. The molecular formula is C16H24N2O. The maximum absolute atomic E-state index is 6.02. The van der Waals surface area contributed by atoms with Crippen LogP contribution in [-0.4, -0.2) is 24.0 Å². The minimum absolute atomic E-state index is 0.114. The minimum atomic E-state index is 0.114. The van der Waals surface area contributed by atoms with Gasteiger partial charge in [0.2, 0.25) is 0 Å². The lowest BCUT2D eigenvalue weighted by Crippen LogP contribution is -2.45. The van der Waals surface area contributed by atoms with E-state index in [9.17, 15) is 0 Å². The van der Waals surface area contributed by atoms with Crippen LogP contribution in [0.5, 0.6) is 0 Å². The van der Waals surface area contributed by atoms with E-state index in [2.05, 4.69) is 38.8 Å². The molecule has 0 saturated carbocycles. The fourth-order valence-corrected chi connectivity index (χ4v) is 2.42. The molecule has 0 saturated heterocycles. The Morgan fingerprint density at radius 1 is 1.32 bits per heavy atom. The van der Waals surface area contributed by atoms with E-state index < -0.39 is 0 Å². The fraction of sp³-hybridized carbons (Fsp3) is 0.500. The first kappa shape index (κ1) is 14.1. The third-order valence-corrected chi connectivity index (χ3v) is 4.38. The van der Waals surface area contributed by atoms with Crippen molar-refractivity contribution >= 4 is 11.0 Å². The zero-order chi connectivity index (χ0) is 14.0. The molecule has 0 fully saturated rings. The van der Waals surface area contributed by atoms with Crippen LogP contribution in [0.2, 0.25) is 0 Å². The van der Waals surface area contributed by atoms with Gasteiger partial charge in [0, 0.05) is 23.0 Å². The average Bonchev–Trinajstić information content (AvgIpc) is 2.84. The summed E-state index contributed by atoms with van der Waals surface area (Å²) in [6, 6.07) is 8.31. The van der Waals surface area contributed by atoms with Crippen LogP contribution in [0.25, 0.3) is 11.0 Å². The SMILES string of the molecule is CCC(C)(C)N(C)C(CN)c1coc2ccccc12. The number of likely N-dealkylation sites (N-methyl/N-ethyl adjacent to an activating group) is 1. The summed E-state index contributed by atoms with van der Waals surface area (Å²) in [6.45, 7) is 7.29. The molecular weight excluding hydrogens is 236 g/mol. The van der Waals surface area contributed by atoms with Crippen LogP contribution >= 0.6 is 0 Å². The molecule has 19 heavy (non-hydrogen) atoms. The van der Waals surface area contributed by atoms with Gasteiger partial charge in [-0.3, -0.25) is 4.90 Å². The minimum Gasteiger partial charge on any atom is -0.464 e. The van der Waals surface area contributed by atoms with Gasteiger partial charge in [-0.2, -0.15) is 0 Å². The summed E-state index contributed by atoms with van der Waals surface area (Å²) < 4.78 is 5.65. The third kappa shape index (κ3) is 2.53.